The average molecular weight is 348 g/mol. The Morgan fingerprint density at radius 1 is 1.33 bits per heavy atom. The second kappa shape index (κ2) is 6.39. The minimum absolute atomic E-state index is 0.00858. The number of carbonyl (C=O) groups excluding carboxylic acids is 1. The first kappa shape index (κ1) is 16.7. The topological polar surface area (TPSA) is 96.1 Å². The highest BCUT2D eigenvalue weighted by atomic mass is 32.2. The molecule has 1 aliphatic rings. The molecule has 1 aliphatic heterocycles. The maximum absolute atomic E-state index is 12.1. The molecule has 0 aliphatic carbocycles. The van der Waals surface area contributed by atoms with Gasteiger partial charge in [0.1, 0.15) is 0 Å². The Labute approximate surface area is 140 Å². The van der Waals surface area contributed by atoms with E-state index >= 15 is 0 Å². The number of fused-ring (bicyclic) bond motifs is 1. The zero-order valence-corrected chi connectivity index (χ0v) is 14.3. The van der Waals surface area contributed by atoms with Gasteiger partial charge in [-0.1, -0.05) is 12.1 Å². The lowest BCUT2D eigenvalue weighted by molar-refractivity contribution is -0.121. The second-order valence-corrected chi connectivity index (χ2v) is 8.61. The van der Waals surface area contributed by atoms with Crippen LogP contribution < -0.4 is 10.9 Å². The number of aryl methyl sites for hydroxylation is 2. The number of carbonyl (C=O) groups is 1. The number of hydrogen-bond donors (Lipinski definition) is 2. The average Bonchev–Trinajstić information content (AvgIpc) is 2.84. The largest absolute Gasteiger partial charge is 0.352 e. The van der Waals surface area contributed by atoms with Gasteiger partial charge in [0.15, 0.2) is 9.84 Å². The molecule has 128 valence electrons. The summed E-state index contributed by atoms with van der Waals surface area (Å²) in [5.41, 5.74) is 2.21. The van der Waals surface area contributed by atoms with Crippen molar-refractivity contribution in [1.29, 1.82) is 0 Å². The number of nitrogens with one attached hydrogen (secondary N) is 2. The van der Waals surface area contributed by atoms with E-state index in [2.05, 4.69) is 10.3 Å². The van der Waals surface area contributed by atoms with Gasteiger partial charge in [-0.2, -0.15) is 0 Å². The Balaban J connectivity index is 1.65. The summed E-state index contributed by atoms with van der Waals surface area (Å²) in [6.45, 7) is 1.96. The van der Waals surface area contributed by atoms with Crippen molar-refractivity contribution in [2.24, 2.45) is 0 Å². The van der Waals surface area contributed by atoms with Crippen molar-refractivity contribution in [2.75, 3.05) is 11.5 Å². The van der Waals surface area contributed by atoms with E-state index in [1.165, 1.54) is 0 Å². The van der Waals surface area contributed by atoms with Crippen LogP contribution >= 0.6 is 0 Å². The number of amides is 1. The number of benzene rings is 1. The standard InChI is InChI=1S/C17H20N2O4S/c1-11-2-3-12-9-13(17(21)19-15(12)8-11)4-5-16(20)18-14-6-7-24(22,23)10-14/h2-3,8-9,14H,4-7,10H2,1H3,(H,18,20)(H,19,21). The van der Waals surface area contributed by atoms with Crippen LogP contribution in [0.5, 0.6) is 0 Å². The first-order chi connectivity index (χ1) is 11.3. The highest BCUT2D eigenvalue weighted by Crippen LogP contribution is 2.14. The molecule has 24 heavy (non-hydrogen) atoms. The molecule has 2 heterocycles. The molecule has 2 N–H and O–H groups in total. The van der Waals surface area contributed by atoms with Crippen LogP contribution in [-0.2, 0) is 21.1 Å². The molecular weight excluding hydrogens is 328 g/mol. The molecule has 1 saturated heterocycles. The van der Waals surface area contributed by atoms with Crippen LogP contribution in [-0.4, -0.2) is 36.9 Å². The van der Waals surface area contributed by atoms with Gasteiger partial charge in [-0.15, -0.1) is 0 Å². The Kier molecular flexibility index (Phi) is 4.45. The summed E-state index contributed by atoms with van der Waals surface area (Å²) in [6.07, 6.45) is 0.950. The van der Waals surface area contributed by atoms with Crippen LogP contribution in [0.3, 0.4) is 0 Å². The fourth-order valence-electron chi connectivity index (χ4n) is 3.00. The highest BCUT2D eigenvalue weighted by molar-refractivity contribution is 7.91. The Morgan fingerprint density at radius 2 is 2.12 bits per heavy atom. The van der Waals surface area contributed by atoms with Gasteiger partial charge in [-0.25, -0.2) is 8.42 Å². The fraction of sp³-hybridized carbons (Fsp3) is 0.412. The SMILES string of the molecule is Cc1ccc2cc(CCC(=O)NC3CCS(=O)(=O)C3)c(=O)[nH]c2c1. The predicted octanol–water partition coefficient (Wildman–Crippen LogP) is 1.07. The molecule has 0 spiro atoms. The molecule has 3 rings (SSSR count). The van der Waals surface area contributed by atoms with E-state index in [0.717, 1.165) is 16.5 Å². The van der Waals surface area contributed by atoms with Gasteiger partial charge < -0.3 is 10.3 Å². The van der Waals surface area contributed by atoms with E-state index in [4.69, 9.17) is 0 Å². The fourth-order valence-corrected chi connectivity index (χ4v) is 4.68. The lowest BCUT2D eigenvalue weighted by Crippen LogP contribution is -2.35. The highest BCUT2D eigenvalue weighted by Gasteiger charge is 2.28. The predicted molar refractivity (Wildman–Crippen MR) is 92.8 cm³/mol. The summed E-state index contributed by atoms with van der Waals surface area (Å²) >= 11 is 0. The second-order valence-electron chi connectivity index (χ2n) is 6.38. The summed E-state index contributed by atoms with van der Waals surface area (Å²) in [7, 11) is -3.01. The van der Waals surface area contributed by atoms with Crippen molar-refractivity contribution in [2.45, 2.75) is 32.2 Å². The molecule has 0 bridgehead atoms. The third kappa shape index (κ3) is 3.84. The summed E-state index contributed by atoms with van der Waals surface area (Å²) in [5, 5.41) is 3.67. The maximum atomic E-state index is 12.1. The molecule has 1 aromatic carbocycles. The molecule has 7 heteroatoms. The quantitative estimate of drug-likeness (QED) is 0.864. The molecule has 1 amide bonds. The molecule has 2 aromatic rings. The van der Waals surface area contributed by atoms with Crippen molar-refractivity contribution in [1.82, 2.24) is 10.3 Å². The number of aromatic nitrogens is 1. The van der Waals surface area contributed by atoms with Crippen LogP contribution in [0.4, 0.5) is 0 Å². The van der Waals surface area contributed by atoms with Gasteiger partial charge in [-0.05, 0) is 42.8 Å². The van der Waals surface area contributed by atoms with E-state index in [1.807, 2.05) is 25.1 Å². The summed E-state index contributed by atoms with van der Waals surface area (Å²) in [6, 6.07) is 7.32. The van der Waals surface area contributed by atoms with Crippen molar-refractivity contribution in [3.63, 3.8) is 0 Å². The Morgan fingerprint density at radius 3 is 2.83 bits per heavy atom. The van der Waals surface area contributed by atoms with Crippen molar-refractivity contribution < 1.29 is 13.2 Å². The molecule has 0 radical (unpaired) electrons. The van der Waals surface area contributed by atoms with Crippen molar-refractivity contribution in [3.8, 4) is 0 Å². The van der Waals surface area contributed by atoms with Gasteiger partial charge in [0.2, 0.25) is 5.91 Å². The third-order valence-electron chi connectivity index (χ3n) is 4.30. The summed E-state index contributed by atoms with van der Waals surface area (Å²) in [4.78, 5) is 26.9. The number of aromatic amines is 1. The van der Waals surface area contributed by atoms with Gasteiger partial charge in [0, 0.05) is 23.5 Å². The minimum atomic E-state index is -3.01. The maximum Gasteiger partial charge on any atom is 0.251 e. The van der Waals surface area contributed by atoms with E-state index in [0.29, 0.717) is 18.4 Å². The van der Waals surface area contributed by atoms with Crippen LogP contribution in [0.15, 0.2) is 29.1 Å². The monoisotopic (exact) mass is 348 g/mol. The molecule has 6 nitrogen and oxygen atoms in total. The van der Waals surface area contributed by atoms with Crippen LogP contribution in [0.1, 0.15) is 24.0 Å². The van der Waals surface area contributed by atoms with Crippen molar-refractivity contribution >= 4 is 26.6 Å². The number of rotatable bonds is 4. The normalized spacial score (nSPS) is 19.5. The zero-order chi connectivity index (χ0) is 17.3. The molecular formula is C17H20N2O4S. The summed E-state index contributed by atoms with van der Waals surface area (Å²) < 4.78 is 22.8. The van der Waals surface area contributed by atoms with E-state index in [-0.39, 0.29) is 35.4 Å². The molecule has 1 unspecified atom stereocenters. The zero-order valence-electron chi connectivity index (χ0n) is 13.5. The number of H-pyrrole nitrogens is 1. The van der Waals surface area contributed by atoms with Gasteiger partial charge in [0.25, 0.3) is 5.56 Å². The van der Waals surface area contributed by atoms with E-state index < -0.39 is 9.84 Å². The van der Waals surface area contributed by atoms with E-state index in [1.54, 1.807) is 6.07 Å². The van der Waals surface area contributed by atoms with Gasteiger partial charge in [-0.3, -0.25) is 9.59 Å². The molecule has 1 fully saturated rings. The number of hydrogen-bond acceptors (Lipinski definition) is 4. The smallest absolute Gasteiger partial charge is 0.251 e. The van der Waals surface area contributed by atoms with Crippen LogP contribution in [0.25, 0.3) is 10.9 Å². The first-order valence-corrected chi connectivity index (χ1v) is 9.77. The van der Waals surface area contributed by atoms with Gasteiger partial charge >= 0.3 is 0 Å². The van der Waals surface area contributed by atoms with E-state index in [9.17, 15) is 18.0 Å². The number of pyridine rings is 1. The molecule has 1 aromatic heterocycles. The first-order valence-electron chi connectivity index (χ1n) is 7.95. The molecule has 0 saturated carbocycles. The third-order valence-corrected chi connectivity index (χ3v) is 6.07. The van der Waals surface area contributed by atoms with Gasteiger partial charge in [0.05, 0.1) is 11.5 Å². The van der Waals surface area contributed by atoms with Crippen molar-refractivity contribution in [3.05, 3.63) is 45.7 Å². The number of sulfone groups is 1. The van der Waals surface area contributed by atoms with Crippen LogP contribution in [0, 0.1) is 6.92 Å². The summed E-state index contributed by atoms with van der Waals surface area (Å²) in [5.74, 6) is -0.0865. The lowest BCUT2D eigenvalue weighted by Gasteiger charge is -2.10. The molecule has 1 atom stereocenters. The van der Waals surface area contributed by atoms with Crippen LogP contribution in [0.2, 0.25) is 0 Å². The Hall–Kier alpha value is -2.15. The lowest BCUT2D eigenvalue weighted by atomic mass is 10.1. The minimum Gasteiger partial charge on any atom is -0.352 e. The Bertz CT molecular complexity index is 947.